The Bertz CT molecular complexity index is 1250. The third kappa shape index (κ3) is 6.08. The first-order valence-electron chi connectivity index (χ1n) is 9.42. The van der Waals surface area contributed by atoms with E-state index >= 15 is 0 Å². The smallest absolute Gasteiger partial charge is 0.490 e. The van der Waals surface area contributed by atoms with E-state index in [0.717, 1.165) is 17.1 Å². The molecule has 2 aromatic carbocycles. The number of carboxylic acids is 1. The summed E-state index contributed by atoms with van der Waals surface area (Å²) in [5.74, 6) is -1.48. The number of alkyl halides is 3. The largest absolute Gasteiger partial charge is 0.497 e. The van der Waals surface area contributed by atoms with Crippen LogP contribution in [0.25, 0.3) is 0 Å². The zero-order chi connectivity index (χ0) is 24.9. The van der Waals surface area contributed by atoms with Crippen molar-refractivity contribution in [2.75, 3.05) is 29.9 Å². The second kappa shape index (κ2) is 10.2. The number of fused-ring (bicyclic) bond motifs is 1. The van der Waals surface area contributed by atoms with Crippen LogP contribution in [0.4, 0.5) is 29.7 Å². The highest BCUT2D eigenvalue weighted by Crippen LogP contribution is 2.39. The van der Waals surface area contributed by atoms with Crippen LogP contribution < -0.4 is 19.1 Å². The number of benzene rings is 2. The number of carbonyl (C=O) groups is 1. The first kappa shape index (κ1) is 25.1. The molecule has 4 rings (SSSR count). The number of aromatic nitrogens is 1. The van der Waals surface area contributed by atoms with Crippen LogP contribution in [-0.4, -0.2) is 50.9 Å². The fraction of sp³-hybridized carbons (Fsp3) is 0.200. The van der Waals surface area contributed by atoms with Gasteiger partial charge in [-0.25, -0.2) is 18.2 Å². The second-order valence-electron chi connectivity index (χ2n) is 6.58. The molecule has 0 radical (unpaired) electrons. The van der Waals surface area contributed by atoms with Crippen molar-refractivity contribution in [3.63, 3.8) is 0 Å². The molecule has 0 bridgehead atoms. The summed E-state index contributed by atoms with van der Waals surface area (Å²) in [6.45, 7) is 1.11. The van der Waals surface area contributed by atoms with Gasteiger partial charge in [0, 0.05) is 29.4 Å². The maximum atomic E-state index is 12.6. The molecule has 0 fully saturated rings. The number of aliphatic carboxylic acids is 1. The van der Waals surface area contributed by atoms with Crippen molar-refractivity contribution in [3.05, 3.63) is 54.0 Å². The van der Waals surface area contributed by atoms with E-state index < -0.39 is 22.2 Å². The Hall–Kier alpha value is -3.52. The Labute approximate surface area is 196 Å². The quantitative estimate of drug-likeness (QED) is 0.519. The summed E-state index contributed by atoms with van der Waals surface area (Å²) in [7, 11) is -2.11. The molecule has 0 aliphatic carbocycles. The molecule has 0 amide bonds. The van der Waals surface area contributed by atoms with E-state index in [-0.39, 0.29) is 4.90 Å². The standard InChI is InChI=1S/C18H17N3O4S2.C2HF3O2/c1-24-14-4-2-3-13(11-14)21-8-9-25-17-12-15(5-6-16(17)21)27(22,23)20-18-19-7-10-26-18;3-2(4,5)1(6)7/h2-7,10-12H,8-9H2,1H3,(H,19,20);(H,6,7). The number of nitrogens with zero attached hydrogens (tertiary/aromatic N) is 2. The SMILES string of the molecule is COc1cccc(N2CCOc3cc(S(=O)(=O)Nc4nccs4)ccc32)c1.O=C(O)C(F)(F)F. The van der Waals surface area contributed by atoms with Crippen LogP contribution >= 0.6 is 11.3 Å². The lowest BCUT2D eigenvalue weighted by atomic mass is 10.2. The lowest BCUT2D eigenvalue weighted by Gasteiger charge is -2.31. The Morgan fingerprint density at radius 2 is 2.00 bits per heavy atom. The van der Waals surface area contributed by atoms with Crippen LogP contribution in [0.2, 0.25) is 0 Å². The molecule has 1 aliphatic heterocycles. The van der Waals surface area contributed by atoms with Crippen LogP contribution in [-0.2, 0) is 14.8 Å². The van der Waals surface area contributed by atoms with Crippen molar-refractivity contribution in [1.82, 2.24) is 4.98 Å². The number of hydrogen-bond donors (Lipinski definition) is 2. The van der Waals surface area contributed by atoms with Gasteiger partial charge in [-0.1, -0.05) is 6.07 Å². The third-order valence-corrected chi connectivity index (χ3v) is 6.52. The molecular formula is C20H18F3N3O6S2. The van der Waals surface area contributed by atoms with Crippen LogP contribution in [0.1, 0.15) is 0 Å². The highest BCUT2D eigenvalue weighted by molar-refractivity contribution is 7.93. The van der Waals surface area contributed by atoms with Crippen LogP contribution in [0.5, 0.6) is 11.5 Å². The number of ether oxygens (including phenoxy) is 2. The normalized spacial score (nSPS) is 13.1. The lowest BCUT2D eigenvalue weighted by Crippen LogP contribution is -2.28. The Morgan fingerprint density at radius 1 is 1.26 bits per heavy atom. The van der Waals surface area contributed by atoms with Gasteiger partial charge in [0.2, 0.25) is 0 Å². The second-order valence-corrected chi connectivity index (χ2v) is 9.15. The monoisotopic (exact) mass is 517 g/mol. The number of thiazole rings is 1. The molecule has 182 valence electrons. The Kier molecular flexibility index (Phi) is 7.51. The van der Waals surface area contributed by atoms with Crippen LogP contribution in [0.3, 0.4) is 0 Å². The lowest BCUT2D eigenvalue weighted by molar-refractivity contribution is -0.192. The highest BCUT2D eigenvalue weighted by Gasteiger charge is 2.38. The number of halogens is 3. The average Bonchev–Trinajstić information content (AvgIpc) is 3.30. The van der Waals surface area contributed by atoms with Crippen LogP contribution in [0, 0.1) is 0 Å². The summed E-state index contributed by atoms with van der Waals surface area (Å²) in [5, 5.41) is 9.16. The summed E-state index contributed by atoms with van der Waals surface area (Å²) >= 11 is 1.22. The molecule has 0 spiro atoms. The zero-order valence-electron chi connectivity index (χ0n) is 17.4. The number of nitrogens with one attached hydrogen (secondary N) is 1. The van der Waals surface area contributed by atoms with Gasteiger partial charge in [0.15, 0.2) is 5.13 Å². The number of hydrogen-bond acceptors (Lipinski definition) is 8. The highest BCUT2D eigenvalue weighted by atomic mass is 32.2. The summed E-state index contributed by atoms with van der Waals surface area (Å²) in [6.07, 6.45) is -3.54. The molecule has 0 saturated carbocycles. The number of carboxylic acid groups (broad SMARTS) is 1. The molecule has 1 aromatic heterocycles. The number of anilines is 3. The zero-order valence-corrected chi connectivity index (χ0v) is 19.1. The topological polar surface area (TPSA) is 118 Å². The molecule has 0 saturated heterocycles. The first-order chi connectivity index (χ1) is 16.0. The third-order valence-electron chi connectivity index (χ3n) is 4.37. The van der Waals surface area contributed by atoms with Crippen molar-refractivity contribution >= 4 is 43.8 Å². The molecule has 9 nitrogen and oxygen atoms in total. The molecule has 14 heteroatoms. The molecule has 3 aromatic rings. The van der Waals surface area contributed by atoms with Crippen molar-refractivity contribution < 1.29 is 41.0 Å². The van der Waals surface area contributed by atoms with Gasteiger partial charge in [-0.15, -0.1) is 11.3 Å². The summed E-state index contributed by atoms with van der Waals surface area (Å²) < 4.78 is 70.4. The predicted octanol–water partition coefficient (Wildman–Crippen LogP) is 4.12. The number of sulfonamides is 1. The van der Waals surface area contributed by atoms with Crippen molar-refractivity contribution in [1.29, 1.82) is 0 Å². The van der Waals surface area contributed by atoms with E-state index in [4.69, 9.17) is 19.4 Å². The van der Waals surface area contributed by atoms with Gasteiger partial charge in [-0.05, 0) is 24.3 Å². The van der Waals surface area contributed by atoms with Gasteiger partial charge in [0.25, 0.3) is 10.0 Å². The molecule has 0 atom stereocenters. The van der Waals surface area contributed by atoms with Crippen molar-refractivity contribution in [2.24, 2.45) is 0 Å². The van der Waals surface area contributed by atoms with Crippen LogP contribution in [0.15, 0.2) is 58.9 Å². The van der Waals surface area contributed by atoms with E-state index in [9.17, 15) is 21.6 Å². The van der Waals surface area contributed by atoms with E-state index in [1.165, 1.54) is 17.4 Å². The van der Waals surface area contributed by atoms with Crippen molar-refractivity contribution in [3.8, 4) is 11.5 Å². The summed E-state index contributed by atoms with van der Waals surface area (Å²) in [5.41, 5.74) is 1.76. The average molecular weight is 518 g/mol. The van der Waals surface area contributed by atoms with Gasteiger partial charge < -0.3 is 19.5 Å². The van der Waals surface area contributed by atoms with E-state index in [0.29, 0.717) is 24.0 Å². The molecule has 1 aliphatic rings. The predicted molar refractivity (Wildman–Crippen MR) is 119 cm³/mol. The van der Waals surface area contributed by atoms with Gasteiger partial charge in [0.1, 0.15) is 18.1 Å². The maximum absolute atomic E-state index is 12.6. The minimum Gasteiger partial charge on any atom is -0.497 e. The molecule has 0 unspecified atom stereocenters. The fourth-order valence-electron chi connectivity index (χ4n) is 2.86. The van der Waals surface area contributed by atoms with Gasteiger partial charge in [0.05, 0.1) is 24.2 Å². The van der Waals surface area contributed by atoms with Gasteiger partial charge in [-0.2, -0.15) is 13.2 Å². The maximum Gasteiger partial charge on any atom is 0.490 e. The summed E-state index contributed by atoms with van der Waals surface area (Å²) in [4.78, 5) is 15.1. The number of rotatable bonds is 5. The Morgan fingerprint density at radius 3 is 2.62 bits per heavy atom. The van der Waals surface area contributed by atoms with E-state index in [1.54, 1.807) is 30.8 Å². The first-order valence-corrected chi connectivity index (χ1v) is 11.8. The minimum atomic E-state index is -5.08. The molecule has 2 heterocycles. The van der Waals surface area contributed by atoms with Crippen molar-refractivity contribution in [2.45, 2.75) is 11.1 Å². The van der Waals surface area contributed by atoms with Gasteiger partial charge >= 0.3 is 12.1 Å². The Balaban J connectivity index is 0.000000406. The molecular weight excluding hydrogens is 499 g/mol. The summed E-state index contributed by atoms with van der Waals surface area (Å²) in [6, 6.07) is 12.6. The number of methoxy groups -OCH3 is 1. The molecule has 2 N–H and O–H groups in total. The van der Waals surface area contributed by atoms with E-state index in [1.807, 2.05) is 24.3 Å². The molecule has 34 heavy (non-hydrogen) atoms. The minimum absolute atomic E-state index is 0.129. The fourth-order valence-corrected chi connectivity index (χ4v) is 4.67. The van der Waals surface area contributed by atoms with Gasteiger partial charge in [-0.3, -0.25) is 4.72 Å². The van der Waals surface area contributed by atoms with E-state index in [2.05, 4.69) is 14.6 Å².